The van der Waals surface area contributed by atoms with Crippen LogP contribution in [0.1, 0.15) is 12.1 Å². The third kappa shape index (κ3) is 3.08. The molecule has 0 bridgehead atoms. The number of aryl methyl sites for hydroxylation is 1. The highest BCUT2D eigenvalue weighted by Gasteiger charge is 2.51. The van der Waals surface area contributed by atoms with Crippen molar-refractivity contribution in [1.82, 2.24) is 19.5 Å². The summed E-state index contributed by atoms with van der Waals surface area (Å²) in [6.07, 6.45) is -0.890. The number of azide groups is 1. The van der Waals surface area contributed by atoms with Gasteiger partial charge in [-0.15, -0.1) is 0 Å². The van der Waals surface area contributed by atoms with Crippen molar-refractivity contribution < 1.29 is 4.74 Å². The van der Waals surface area contributed by atoms with E-state index in [1.807, 2.05) is 0 Å². The SMILES string of the molecule is Cc1nc(N)c2ncn([C@@H]3O[C@H](C(N)C(=S)N=[N+]=[N-])C(N=O)[C@@H]3N=O)c2n1. The summed E-state index contributed by atoms with van der Waals surface area (Å²) in [6.45, 7) is 1.63. The van der Waals surface area contributed by atoms with E-state index in [-0.39, 0.29) is 16.5 Å². The van der Waals surface area contributed by atoms with Gasteiger partial charge in [0, 0.05) is 4.91 Å². The van der Waals surface area contributed by atoms with Crippen molar-refractivity contribution in [2.45, 2.75) is 37.4 Å². The lowest BCUT2D eigenvalue weighted by atomic mass is 10.0. The predicted molar refractivity (Wildman–Crippen MR) is 97.3 cm³/mol. The Bertz CT molecular complexity index is 971. The molecule has 1 fully saturated rings. The molecule has 1 aliphatic rings. The number of nitrogens with two attached hydrogens (primary N) is 2. The Balaban J connectivity index is 2.06. The third-order valence-corrected chi connectivity index (χ3v) is 4.49. The molecule has 0 saturated carbocycles. The van der Waals surface area contributed by atoms with Crippen molar-refractivity contribution in [2.75, 3.05) is 5.73 Å². The molecule has 5 atom stereocenters. The molecule has 2 aromatic rings. The van der Waals surface area contributed by atoms with Crippen LogP contribution in [0.5, 0.6) is 0 Å². The van der Waals surface area contributed by atoms with Gasteiger partial charge in [-0.2, -0.15) is 9.81 Å². The fourth-order valence-corrected chi connectivity index (χ4v) is 3.11. The Morgan fingerprint density at radius 2 is 2.11 bits per heavy atom. The van der Waals surface area contributed by atoms with E-state index in [0.29, 0.717) is 11.3 Å². The molecular formula is C12H13N11O3S. The molecule has 4 N–H and O–H groups in total. The summed E-state index contributed by atoms with van der Waals surface area (Å²) in [5.74, 6) is 0.519. The van der Waals surface area contributed by atoms with Crippen molar-refractivity contribution in [3.8, 4) is 0 Å². The average molecular weight is 391 g/mol. The number of imidazole rings is 1. The van der Waals surface area contributed by atoms with Crippen LogP contribution in [0.3, 0.4) is 0 Å². The second-order valence-electron chi connectivity index (χ2n) is 5.72. The number of thiocarbonyl (C=S) groups is 1. The number of fused-ring (bicyclic) bond motifs is 1. The molecule has 1 saturated heterocycles. The molecule has 15 heteroatoms. The molecule has 2 aromatic heterocycles. The molecule has 27 heavy (non-hydrogen) atoms. The van der Waals surface area contributed by atoms with Gasteiger partial charge in [-0.25, -0.2) is 15.0 Å². The Hall–Kier alpha value is -3.13. The molecule has 3 heterocycles. The largest absolute Gasteiger partial charge is 0.382 e. The summed E-state index contributed by atoms with van der Waals surface area (Å²) in [4.78, 5) is 37.5. The molecule has 140 valence electrons. The van der Waals surface area contributed by atoms with E-state index in [1.165, 1.54) is 10.9 Å². The number of rotatable bonds is 5. The quantitative estimate of drug-likeness (QED) is 0.242. The molecule has 0 radical (unpaired) electrons. The van der Waals surface area contributed by atoms with E-state index in [2.05, 4.69) is 35.3 Å². The topological polar surface area (TPSA) is 212 Å². The minimum atomic E-state index is -1.26. The lowest BCUT2D eigenvalue weighted by Gasteiger charge is -2.20. The molecular weight excluding hydrogens is 378 g/mol. The number of hydrogen-bond donors (Lipinski definition) is 2. The summed E-state index contributed by atoms with van der Waals surface area (Å²) >= 11 is 4.90. The van der Waals surface area contributed by atoms with Gasteiger partial charge in [-0.3, -0.25) is 4.57 Å². The Kier molecular flexibility index (Phi) is 5.00. The fraction of sp³-hybridized carbons (Fsp3) is 0.500. The molecule has 0 amide bonds. The number of nitroso groups, excluding NO2 is 2. The maximum atomic E-state index is 11.4. The average Bonchev–Trinajstić information content (AvgIpc) is 3.21. The first-order valence-corrected chi connectivity index (χ1v) is 7.95. The van der Waals surface area contributed by atoms with Gasteiger partial charge in [0.2, 0.25) is 0 Å². The van der Waals surface area contributed by atoms with Crippen molar-refractivity contribution in [1.29, 1.82) is 0 Å². The molecule has 14 nitrogen and oxygen atoms in total. The smallest absolute Gasteiger partial charge is 0.167 e. The standard InChI is InChI=1S/C12H13N11O3S/c1-3-17-9(14)7-10(18-3)23(2-16-7)12-6(21-25)5(20-24)8(26-12)4(13)11(27)19-22-15/h2,4-6,8,12H,13H2,1H3,(H2,14,17,18)/t4?,5?,6-,8+,12+/m0/s1. The van der Waals surface area contributed by atoms with Crippen LogP contribution in [0, 0.1) is 16.7 Å². The minimum absolute atomic E-state index is 0.146. The van der Waals surface area contributed by atoms with Gasteiger partial charge in [-0.1, -0.05) is 27.7 Å². The number of anilines is 1. The lowest BCUT2D eigenvalue weighted by molar-refractivity contribution is -0.00436. The second-order valence-corrected chi connectivity index (χ2v) is 6.14. The van der Waals surface area contributed by atoms with Crippen molar-refractivity contribution >= 4 is 34.2 Å². The summed E-state index contributed by atoms with van der Waals surface area (Å²) in [6, 6.07) is -3.64. The summed E-state index contributed by atoms with van der Waals surface area (Å²) < 4.78 is 7.17. The number of nitrogen functional groups attached to an aromatic ring is 1. The summed E-state index contributed by atoms with van der Waals surface area (Å²) in [5.41, 5.74) is 20.8. The fourth-order valence-electron chi connectivity index (χ4n) is 2.94. The maximum absolute atomic E-state index is 11.4. The van der Waals surface area contributed by atoms with Crippen LogP contribution in [0.4, 0.5) is 5.82 Å². The van der Waals surface area contributed by atoms with Crippen LogP contribution < -0.4 is 11.5 Å². The molecule has 3 rings (SSSR count). The molecule has 2 unspecified atom stereocenters. The van der Waals surface area contributed by atoms with Crippen molar-refractivity contribution in [2.24, 2.45) is 21.2 Å². The molecule has 1 aliphatic heterocycles. The maximum Gasteiger partial charge on any atom is 0.167 e. The molecule has 0 spiro atoms. The second kappa shape index (κ2) is 7.24. The Labute approximate surface area is 155 Å². The zero-order valence-electron chi connectivity index (χ0n) is 13.8. The van der Waals surface area contributed by atoms with Gasteiger partial charge < -0.3 is 16.2 Å². The highest BCUT2D eigenvalue weighted by Crippen LogP contribution is 2.37. The van der Waals surface area contributed by atoms with Crippen LogP contribution >= 0.6 is 12.2 Å². The summed E-state index contributed by atoms with van der Waals surface area (Å²) in [7, 11) is 0. The van der Waals surface area contributed by atoms with Crippen molar-refractivity contribution in [3.05, 3.63) is 32.4 Å². The zero-order valence-corrected chi connectivity index (χ0v) is 14.6. The van der Waals surface area contributed by atoms with E-state index >= 15 is 0 Å². The minimum Gasteiger partial charge on any atom is -0.382 e. The molecule has 0 aromatic carbocycles. The van der Waals surface area contributed by atoms with Gasteiger partial charge >= 0.3 is 0 Å². The van der Waals surface area contributed by atoms with E-state index < -0.39 is 30.5 Å². The van der Waals surface area contributed by atoms with Crippen LogP contribution in [0.15, 0.2) is 21.8 Å². The first-order valence-electron chi connectivity index (χ1n) is 7.54. The van der Waals surface area contributed by atoms with E-state index in [0.717, 1.165) is 0 Å². The monoisotopic (exact) mass is 391 g/mol. The van der Waals surface area contributed by atoms with Gasteiger partial charge in [0.25, 0.3) is 0 Å². The molecule has 0 aliphatic carbocycles. The van der Waals surface area contributed by atoms with Crippen LogP contribution in [-0.2, 0) is 4.74 Å². The third-order valence-electron chi connectivity index (χ3n) is 4.14. The highest BCUT2D eigenvalue weighted by atomic mass is 32.1. The number of aromatic nitrogens is 4. The lowest BCUT2D eigenvalue weighted by Crippen LogP contribution is -2.46. The first-order chi connectivity index (χ1) is 12.9. The van der Waals surface area contributed by atoms with Crippen molar-refractivity contribution in [3.63, 3.8) is 0 Å². The van der Waals surface area contributed by atoms with Gasteiger partial charge in [-0.05, 0) is 12.5 Å². The van der Waals surface area contributed by atoms with Gasteiger partial charge in [0.05, 0.1) is 17.4 Å². The van der Waals surface area contributed by atoms with Crippen LogP contribution in [0.2, 0.25) is 0 Å². The number of ether oxygens (including phenoxy) is 1. The van der Waals surface area contributed by atoms with E-state index in [9.17, 15) is 9.81 Å². The van der Waals surface area contributed by atoms with E-state index in [4.69, 9.17) is 34.0 Å². The first kappa shape index (κ1) is 18.7. The Morgan fingerprint density at radius 3 is 2.74 bits per heavy atom. The van der Waals surface area contributed by atoms with Crippen LogP contribution in [-0.4, -0.2) is 48.7 Å². The summed E-state index contributed by atoms with van der Waals surface area (Å²) in [5, 5.41) is 9.15. The van der Waals surface area contributed by atoms with Crippen LogP contribution in [0.25, 0.3) is 21.6 Å². The number of nitrogens with zero attached hydrogens (tertiary/aromatic N) is 9. The Morgan fingerprint density at radius 1 is 1.41 bits per heavy atom. The normalized spacial score (nSPS) is 25.7. The predicted octanol–water partition coefficient (Wildman–Crippen LogP) is 0.849. The zero-order chi connectivity index (χ0) is 19.7. The van der Waals surface area contributed by atoms with Gasteiger partial charge in [0.15, 0.2) is 29.8 Å². The van der Waals surface area contributed by atoms with Gasteiger partial charge in [0.1, 0.15) is 17.4 Å². The highest BCUT2D eigenvalue weighted by molar-refractivity contribution is 7.80. The number of hydrogen-bond acceptors (Lipinski definition) is 11. The van der Waals surface area contributed by atoms with E-state index in [1.54, 1.807) is 6.92 Å².